The molecule has 0 aliphatic heterocycles. The standard InChI is InChI=1S/C21H24O2S/c1-21(2,3)24(22)23-13-14-12-19-15-8-4-6-10-17(15)20(14)18-11-7-5-9-16(18)19/h4-11,14,19-20H,12-13H2,1-3H3/t14-,19?,20?,24+/m0/s1. The van der Waals surface area contributed by atoms with Gasteiger partial charge in [-0.15, -0.1) is 0 Å². The number of fused-ring (bicyclic) bond motifs is 1. The van der Waals surface area contributed by atoms with E-state index in [1.165, 1.54) is 22.3 Å². The normalized spacial score (nSPS) is 25.9. The molecular weight excluding hydrogens is 316 g/mol. The number of benzene rings is 2. The Balaban J connectivity index is 1.67. The molecule has 2 atom stereocenters. The quantitative estimate of drug-likeness (QED) is 0.805. The molecule has 2 nitrogen and oxygen atoms in total. The number of rotatable bonds is 3. The first-order valence-corrected chi connectivity index (χ1v) is 9.77. The third-order valence-electron chi connectivity index (χ3n) is 5.31. The van der Waals surface area contributed by atoms with Crippen LogP contribution < -0.4 is 0 Å². The van der Waals surface area contributed by atoms with E-state index in [0.717, 1.165) is 6.42 Å². The Morgan fingerprint density at radius 2 is 1.46 bits per heavy atom. The minimum atomic E-state index is -1.26. The van der Waals surface area contributed by atoms with Gasteiger partial charge in [0.25, 0.3) is 0 Å². The van der Waals surface area contributed by atoms with Gasteiger partial charge in [0, 0.05) is 11.8 Å². The largest absolute Gasteiger partial charge is 0.290 e. The van der Waals surface area contributed by atoms with E-state index in [1.54, 1.807) is 0 Å². The summed E-state index contributed by atoms with van der Waals surface area (Å²) in [6, 6.07) is 17.6. The predicted molar refractivity (Wildman–Crippen MR) is 98.5 cm³/mol. The van der Waals surface area contributed by atoms with E-state index in [2.05, 4.69) is 48.5 Å². The van der Waals surface area contributed by atoms with Crippen LogP contribution in [-0.4, -0.2) is 15.6 Å². The molecule has 3 heteroatoms. The van der Waals surface area contributed by atoms with Crippen LogP contribution in [0, 0.1) is 5.92 Å². The summed E-state index contributed by atoms with van der Waals surface area (Å²) < 4.78 is 17.8. The SMILES string of the molecule is CC(C)(C)[S@](=O)OC[C@@H]1CC2c3ccccc3C1c1ccccc12. The minimum absolute atomic E-state index is 0.330. The molecule has 0 radical (unpaired) electrons. The second kappa shape index (κ2) is 5.82. The summed E-state index contributed by atoms with van der Waals surface area (Å²) in [5, 5.41) is 0. The van der Waals surface area contributed by atoms with Gasteiger partial charge in [-0.3, -0.25) is 4.18 Å². The molecule has 5 rings (SSSR count). The molecule has 0 unspecified atom stereocenters. The fourth-order valence-electron chi connectivity index (χ4n) is 4.25. The molecule has 2 aromatic carbocycles. The predicted octanol–water partition coefficient (Wildman–Crippen LogP) is 4.76. The van der Waals surface area contributed by atoms with Gasteiger partial charge in [-0.2, -0.15) is 0 Å². The second-order valence-corrected chi connectivity index (χ2v) is 9.85. The molecule has 2 aromatic rings. The van der Waals surface area contributed by atoms with E-state index >= 15 is 0 Å². The van der Waals surface area contributed by atoms with Crippen molar-refractivity contribution in [2.45, 2.75) is 43.8 Å². The Bertz CT molecular complexity index is 743. The highest BCUT2D eigenvalue weighted by molar-refractivity contribution is 7.81. The Kier molecular flexibility index (Phi) is 3.89. The minimum Gasteiger partial charge on any atom is -0.290 e. The lowest BCUT2D eigenvalue weighted by Crippen LogP contribution is -2.35. The molecule has 0 heterocycles. The zero-order valence-electron chi connectivity index (χ0n) is 14.5. The van der Waals surface area contributed by atoms with Crippen LogP contribution >= 0.6 is 0 Å². The van der Waals surface area contributed by atoms with Crippen LogP contribution in [0.25, 0.3) is 0 Å². The lowest BCUT2D eigenvalue weighted by molar-refractivity contribution is 0.217. The van der Waals surface area contributed by atoms with Crippen LogP contribution in [0.15, 0.2) is 48.5 Å². The maximum atomic E-state index is 12.3. The van der Waals surface area contributed by atoms with Gasteiger partial charge in [0.05, 0.1) is 11.4 Å². The molecule has 0 fully saturated rings. The average molecular weight is 340 g/mol. The van der Waals surface area contributed by atoms with E-state index in [-0.39, 0.29) is 4.75 Å². The highest BCUT2D eigenvalue weighted by atomic mass is 32.2. The van der Waals surface area contributed by atoms with Crippen LogP contribution in [0.4, 0.5) is 0 Å². The maximum absolute atomic E-state index is 12.3. The van der Waals surface area contributed by atoms with E-state index < -0.39 is 11.1 Å². The molecule has 0 spiro atoms. The maximum Gasteiger partial charge on any atom is 0.160 e. The van der Waals surface area contributed by atoms with Gasteiger partial charge in [0.15, 0.2) is 11.1 Å². The fourth-order valence-corrected chi connectivity index (χ4v) is 4.90. The monoisotopic (exact) mass is 340 g/mol. The summed E-state index contributed by atoms with van der Waals surface area (Å²) in [6.07, 6.45) is 1.08. The third kappa shape index (κ3) is 2.55. The number of hydrogen-bond donors (Lipinski definition) is 0. The van der Waals surface area contributed by atoms with Crippen molar-refractivity contribution in [2.75, 3.05) is 6.61 Å². The highest BCUT2D eigenvalue weighted by Crippen LogP contribution is 2.55. The van der Waals surface area contributed by atoms with Crippen molar-refractivity contribution in [1.29, 1.82) is 0 Å². The van der Waals surface area contributed by atoms with Crippen molar-refractivity contribution in [2.24, 2.45) is 5.92 Å². The Morgan fingerprint density at radius 1 is 0.958 bits per heavy atom. The molecule has 2 bridgehead atoms. The van der Waals surface area contributed by atoms with Gasteiger partial charge in [-0.1, -0.05) is 48.5 Å². The molecule has 0 saturated heterocycles. The molecular formula is C21H24O2S. The smallest absolute Gasteiger partial charge is 0.160 e. The van der Waals surface area contributed by atoms with Gasteiger partial charge in [-0.25, -0.2) is 4.21 Å². The molecule has 0 N–H and O–H groups in total. The highest BCUT2D eigenvalue weighted by Gasteiger charge is 2.43. The lowest BCUT2D eigenvalue weighted by Gasteiger charge is -2.45. The first-order chi connectivity index (χ1) is 11.5. The third-order valence-corrected chi connectivity index (χ3v) is 6.66. The fraction of sp³-hybridized carbons (Fsp3) is 0.429. The van der Waals surface area contributed by atoms with Crippen LogP contribution in [0.2, 0.25) is 0 Å². The summed E-state index contributed by atoms with van der Waals surface area (Å²) in [7, 11) is 0. The zero-order valence-corrected chi connectivity index (χ0v) is 15.3. The van der Waals surface area contributed by atoms with Crippen molar-refractivity contribution in [3.8, 4) is 0 Å². The molecule has 3 aliphatic carbocycles. The summed E-state index contributed by atoms with van der Waals surface area (Å²) in [4.78, 5) is 0. The zero-order chi connectivity index (χ0) is 16.9. The van der Waals surface area contributed by atoms with Crippen LogP contribution in [-0.2, 0) is 15.3 Å². The van der Waals surface area contributed by atoms with Crippen LogP contribution in [0.5, 0.6) is 0 Å². The van der Waals surface area contributed by atoms with Crippen molar-refractivity contribution in [1.82, 2.24) is 0 Å². The van der Waals surface area contributed by atoms with E-state index in [0.29, 0.717) is 24.4 Å². The van der Waals surface area contributed by atoms with Gasteiger partial charge in [0.2, 0.25) is 0 Å². The van der Waals surface area contributed by atoms with Gasteiger partial charge < -0.3 is 0 Å². The van der Waals surface area contributed by atoms with E-state index in [4.69, 9.17) is 4.18 Å². The van der Waals surface area contributed by atoms with Crippen molar-refractivity contribution in [3.05, 3.63) is 70.8 Å². The number of hydrogen-bond acceptors (Lipinski definition) is 2. The van der Waals surface area contributed by atoms with Crippen molar-refractivity contribution >= 4 is 11.1 Å². The van der Waals surface area contributed by atoms with Crippen molar-refractivity contribution < 1.29 is 8.39 Å². The second-order valence-electron chi connectivity index (χ2n) is 7.92. The Hall–Kier alpha value is -1.45. The summed E-state index contributed by atoms with van der Waals surface area (Å²) in [5.74, 6) is 1.20. The molecule has 0 aromatic heterocycles. The van der Waals surface area contributed by atoms with E-state index in [9.17, 15) is 4.21 Å². The van der Waals surface area contributed by atoms with Gasteiger partial charge in [-0.05, 0) is 55.4 Å². The molecule has 24 heavy (non-hydrogen) atoms. The van der Waals surface area contributed by atoms with Gasteiger partial charge >= 0.3 is 0 Å². The first-order valence-electron chi connectivity index (χ1n) is 8.69. The van der Waals surface area contributed by atoms with Crippen LogP contribution in [0.3, 0.4) is 0 Å². The molecule has 3 aliphatic rings. The average Bonchev–Trinajstić information content (AvgIpc) is 2.59. The summed E-state index contributed by atoms with van der Waals surface area (Å²) in [5.41, 5.74) is 5.80. The Morgan fingerprint density at radius 3 is 1.96 bits per heavy atom. The van der Waals surface area contributed by atoms with Gasteiger partial charge in [0.1, 0.15) is 0 Å². The summed E-state index contributed by atoms with van der Waals surface area (Å²) >= 11 is -1.26. The van der Waals surface area contributed by atoms with Crippen molar-refractivity contribution in [3.63, 3.8) is 0 Å². The Labute approximate surface area is 146 Å². The van der Waals surface area contributed by atoms with Crippen LogP contribution in [0.1, 0.15) is 61.3 Å². The van der Waals surface area contributed by atoms with E-state index in [1.807, 2.05) is 20.8 Å². The molecule has 0 amide bonds. The molecule has 0 saturated carbocycles. The first kappa shape index (κ1) is 16.0. The summed E-state index contributed by atoms with van der Waals surface area (Å²) in [6.45, 7) is 6.44. The topological polar surface area (TPSA) is 26.3 Å². The lowest BCUT2D eigenvalue weighted by atomic mass is 9.59. The molecule has 126 valence electrons.